The second-order valence-corrected chi connectivity index (χ2v) is 7.21. The number of hydrogen-bond acceptors (Lipinski definition) is 4. The van der Waals surface area contributed by atoms with E-state index in [0.29, 0.717) is 18.8 Å². The van der Waals surface area contributed by atoms with Gasteiger partial charge in [-0.1, -0.05) is 13.3 Å². The Morgan fingerprint density at radius 3 is 2.75 bits per heavy atom. The molecule has 0 aliphatic carbocycles. The molecule has 0 bridgehead atoms. The molecule has 7 nitrogen and oxygen atoms in total. The number of aryl methyl sites for hydroxylation is 2. The smallest absolute Gasteiger partial charge is 0.329 e. The summed E-state index contributed by atoms with van der Waals surface area (Å²) in [5, 5.41) is 7.23. The highest BCUT2D eigenvalue weighted by molar-refractivity contribution is 5.92. The van der Waals surface area contributed by atoms with Crippen molar-refractivity contribution in [2.75, 3.05) is 11.9 Å². The Bertz CT molecular complexity index is 603. The maximum Gasteiger partial charge on any atom is 0.329 e. The molecule has 0 radical (unpaired) electrons. The van der Waals surface area contributed by atoms with Gasteiger partial charge in [0.15, 0.2) is 0 Å². The molecule has 1 fully saturated rings. The lowest BCUT2D eigenvalue weighted by atomic mass is 10.1. The third-order valence-electron chi connectivity index (χ3n) is 3.86. The predicted molar refractivity (Wildman–Crippen MR) is 91.8 cm³/mol. The van der Waals surface area contributed by atoms with Crippen LogP contribution in [0.4, 0.5) is 10.6 Å². The van der Waals surface area contributed by atoms with Crippen LogP contribution in [-0.2, 0) is 23.0 Å². The second-order valence-electron chi connectivity index (χ2n) is 7.21. The lowest BCUT2D eigenvalue weighted by molar-refractivity contribution is -0.159. The van der Waals surface area contributed by atoms with Crippen LogP contribution in [0.15, 0.2) is 6.07 Å². The zero-order chi connectivity index (χ0) is 17.9. The Kier molecular flexibility index (Phi) is 5.51. The zero-order valence-corrected chi connectivity index (χ0v) is 15.3. The maximum absolute atomic E-state index is 12.6. The Hall–Kier alpha value is -2.05. The van der Waals surface area contributed by atoms with Gasteiger partial charge in [-0.2, -0.15) is 5.10 Å². The van der Waals surface area contributed by atoms with Crippen LogP contribution in [-0.4, -0.2) is 44.9 Å². The summed E-state index contributed by atoms with van der Waals surface area (Å²) in [5.41, 5.74) is 0.388. The highest BCUT2D eigenvalue weighted by Gasteiger charge is 2.37. The largest absolute Gasteiger partial charge is 0.458 e. The van der Waals surface area contributed by atoms with Gasteiger partial charge in [-0.05, 0) is 40.0 Å². The van der Waals surface area contributed by atoms with Gasteiger partial charge in [-0.3, -0.25) is 10.00 Å². The molecule has 0 saturated carbocycles. The van der Waals surface area contributed by atoms with E-state index in [4.69, 9.17) is 4.74 Å². The Labute approximate surface area is 143 Å². The van der Waals surface area contributed by atoms with E-state index >= 15 is 0 Å². The highest BCUT2D eigenvalue weighted by atomic mass is 16.6. The Balaban J connectivity index is 2.04. The van der Waals surface area contributed by atoms with Crippen molar-refractivity contribution in [3.8, 4) is 0 Å². The first-order chi connectivity index (χ1) is 11.2. The molecule has 1 atom stereocenters. The first kappa shape index (κ1) is 18.3. The van der Waals surface area contributed by atoms with Gasteiger partial charge in [-0.15, -0.1) is 0 Å². The van der Waals surface area contributed by atoms with Crippen LogP contribution in [0.3, 0.4) is 0 Å². The molecule has 0 unspecified atom stereocenters. The molecule has 0 spiro atoms. The Morgan fingerprint density at radius 2 is 2.12 bits per heavy atom. The van der Waals surface area contributed by atoms with E-state index in [1.54, 1.807) is 16.6 Å². The molecule has 1 aliphatic rings. The number of hydrogen-bond donors (Lipinski definition) is 1. The lowest BCUT2D eigenvalue weighted by Gasteiger charge is -2.27. The molecule has 1 aromatic heterocycles. The van der Waals surface area contributed by atoms with E-state index in [-0.39, 0.29) is 12.0 Å². The van der Waals surface area contributed by atoms with Crippen molar-refractivity contribution in [3.05, 3.63) is 11.8 Å². The standard InChI is InChI=1S/C17H28N4O3/c1-6-8-12-11-14(20(5)19-12)18-16(23)21-10-7-9-13(21)15(22)24-17(2,3)4/h11,13H,6-10H2,1-5H3,(H,18,23)/t13-/m0/s1. The number of esters is 1. The number of rotatable bonds is 4. The SMILES string of the molecule is CCCc1cc(NC(=O)N2CCC[C@H]2C(=O)OC(C)(C)C)n(C)n1. The molecule has 1 saturated heterocycles. The average molecular weight is 336 g/mol. The molecular formula is C17H28N4O3. The van der Waals surface area contributed by atoms with Crippen molar-refractivity contribution >= 4 is 17.8 Å². The summed E-state index contributed by atoms with van der Waals surface area (Å²) in [7, 11) is 1.80. The van der Waals surface area contributed by atoms with E-state index in [0.717, 1.165) is 25.0 Å². The number of aromatic nitrogens is 2. The number of urea groups is 1. The number of ether oxygens (including phenoxy) is 1. The van der Waals surface area contributed by atoms with Crippen LogP contribution < -0.4 is 5.32 Å². The van der Waals surface area contributed by atoms with Gasteiger partial charge >= 0.3 is 12.0 Å². The van der Waals surface area contributed by atoms with Gasteiger partial charge in [0.2, 0.25) is 0 Å². The van der Waals surface area contributed by atoms with Crippen LogP contribution in [0.2, 0.25) is 0 Å². The normalized spacial score (nSPS) is 17.9. The van der Waals surface area contributed by atoms with E-state index in [1.807, 2.05) is 26.8 Å². The van der Waals surface area contributed by atoms with Crippen molar-refractivity contribution in [2.24, 2.45) is 7.05 Å². The first-order valence-corrected chi connectivity index (χ1v) is 8.54. The number of likely N-dealkylation sites (tertiary alicyclic amines) is 1. The second kappa shape index (κ2) is 7.23. The summed E-state index contributed by atoms with van der Waals surface area (Å²) >= 11 is 0. The summed E-state index contributed by atoms with van der Waals surface area (Å²) in [6.07, 6.45) is 3.30. The molecule has 7 heteroatoms. The monoisotopic (exact) mass is 336 g/mol. The average Bonchev–Trinajstić information content (AvgIpc) is 3.05. The molecule has 24 heavy (non-hydrogen) atoms. The molecule has 1 N–H and O–H groups in total. The number of amides is 2. The summed E-state index contributed by atoms with van der Waals surface area (Å²) < 4.78 is 7.09. The fourth-order valence-corrected chi connectivity index (χ4v) is 2.83. The summed E-state index contributed by atoms with van der Waals surface area (Å²) in [6.45, 7) is 8.12. The van der Waals surface area contributed by atoms with Crippen molar-refractivity contribution in [2.45, 2.75) is 65.0 Å². The Morgan fingerprint density at radius 1 is 1.42 bits per heavy atom. The molecule has 134 valence electrons. The third-order valence-corrected chi connectivity index (χ3v) is 3.86. The van der Waals surface area contributed by atoms with Gasteiger partial charge in [0, 0.05) is 19.7 Å². The van der Waals surface area contributed by atoms with Crippen molar-refractivity contribution in [1.82, 2.24) is 14.7 Å². The fraction of sp³-hybridized carbons (Fsp3) is 0.706. The van der Waals surface area contributed by atoms with Crippen LogP contribution >= 0.6 is 0 Å². The molecule has 1 aliphatic heterocycles. The molecule has 0 aromatic carbocycles. The van der Waals surface area contributed by atoms with Gasteiger partial charge in [-0.25, -0.2) is 9.59 Å². The minimum absolute atomic E-state index is 0.283. The number of nitrogens with zero attached hydrogens (tertiary/aromatic N) is 3. The van der Waals surface area contributed by atoms with Gasteiger partial charge < -0.3 is 9.64 Å². The van der Waals surface area contributed by atoms with E-state index in [1.165, 1.54) is 0 Å². The zero-order valence-electron chi connectivity index (χ0n) is 15.3. The quantitative estimate of drug-likeness (QED) is 0.858. The van der Waals surface area contributed by atoms with Gasteiger partial charge in [0.05, 0.1) is 5.69 Å². The van der Waals surface area contributed by atoms with Gasteiger partial charge in [0.25, 0.3) is 0 Å². The third kappa shape index (κ3) is 4.49. The van der Waals surface area contributed by atoms with Crippen molar-refractivity contribution in [3.63, 3.8) is 0 Å². The van der Waals surface area contributed by atoms with Gasteiger partial charge in [0.1, 0.15) is 17.5 Å². The number of carbonyl (C=O) groups is 2. The topological polar surface area (TPSA) is 76.5 Å². The van der Waals surface area contributed by atoms with Crippen LogP contribution in [0.5, 0.6) is 0 Å². The first-order valence-electron chi connectivity index (χ1n) is 8.54. The molecule has 2 heterocycles. The van der Waals surface area contributed by atoms with Crippen LogP contribution in [0, 0.1) is 0 Å². The minimum Gasteiger partial charge on any atom is -0.458 e. The van der Waals surface area contributed by atoms with E-state index in [2.05, 4.69) is 17.3 Å². The molecule has 2 amide bonds. The predicted octanol–water partition coefficient (Wildman–Crippen LogP) is 2.71. The lowest BCUT2D eigenvalue weighted by Crippen LogP contribution is -2.45. The van der Waals surface area contributed by atoms with E-state index in [9.17, 15) is 9.59 Å². The van der Waals surface area contributed by atoms with Crippen molar-refractivity contribution in [1.29, 1.82) is 0 Å². The summed E-state index contributed by atoms with van der Waals surface area (Å²) in [6, 6.07) is 1.07. The molecule has 2 rings (SSSR count). The van der Waals surface area contributed by atoms with Crippen LogP contribution in [0.25, 0.3) is 0 Å². The number of nitrogens with one attached hydrogen (secondary N) is 1. The summed E-state index contributed by atoms with van der Waals surface area (Å²) in [4.78, 5) is 26.5. The summed E-state index contributed by atoms with van der Waals surface area (Å²) in [5.74, 6) is 0.296. The minimum atomic E-state index is -0.557. The number of carbonyl (C=O) groups excluding carboxylic acids is 2. The highest BCUT2D eigenvalue weighted by Crippen LogP contribution is 2.22. The molecule has 1 aromatic rings. The fourth-order valence-electron chi connectivity index (χ4n) is 2.83. The van der Waals surface area contributed by atoms with Crippen molar-refractivity contribution < 1.29 is 14.3 Å². The van der Waals surface area contributed by atoms with E-state index < -0.39 is 11.6 Å². The molecular weight excluding hydrogens is 308 g/mol. The number of anilines is 1. The van der Waals surface area contributed by atoms with Crippen LogP contribution in [0.1, 0.15) is 52.7 Å². The maximum atomic E-state index is 12.6.